The summed E-state index contributed by atoms with van der Waals surface area (Å²) in [5, 5.41) is 3.60. The van der Waals surface area contributed by atoms with Crippen LogP contribution in [0.4, 0.5) is 11.4 Å². The van der Waals surface area contributed by atoms with Gasteiger partial charge in [0.05, 0.1) is 18.4 Å². The third-order valence-electron chi connectivity index (χ3n) is 3.66. The zero-order valence-electron chi connectivity index (χ0n) is 12.6. The summed E-state index contributed by atoms with van der Waals surface area (Å²) in [7, 11) is 1.55. The van der Waals surface area contributed by atoms with Crippen molar-refractivity contribution in [3.8, 4) is 16.9 Å². The van der Waals surface area contributed by atoms with Gasteiger partial charge in [-0.3, -0.25) is 9.59 Å². The molecule has 3 aromatic carbocycles. The van der Waals surface area contributed by atoms with Gasteiger partial charge in [0.15, 0.2) is 0 Å². The molecule has 3 aromatic rings. The summed E-state index contributed by atoms with van der Waals surface area (Å²) in [5.74, 6) is 0.603. The summed E-state index contributed by atoms with van der Waals surface area (Å²) in [6.45, 7) is 1.94. The van der Waals surface area contributed by atoms with Gasteiger partial charge in [-0.05, 0) is 42.3 Å². The van der Waals surface area contributed by atoms with E-state index in [9.17, 15) is 9.59 Å². The lowest BCUT2D eigenvalue weighted by Gasteiger charge is -2.16. The summed E-state index contributed by atoms with van der Waals surface area (Å²) in [5.41, 5.74) is 1.94. The summed E-state index contributed by atoms with van der Waals surface area (Å²) in [6.07, 6.45) is 0. The maximum atomic E-state index is 12.0. The second-order valence-electron chi connectivity index (χ2n) is 5.24. The number of halogens is 1. The molecule has 0 unspecified atom stereocenters. The van der Waals surface area contributed by atoms with Gasteiger partial charge < -0.3 is 10.1 Å². The van der Waals surface area contributed by atoms with Crippen LogP contribution >= 0.6 is 11.6 Å². The molecule has 0 aromatic heterocycles. The molecule has 0 heterocycles. The first-order valence-corrected chi connectivity index (χ1v) is 7.40. The number of hydrogen-bond acceptors (Lipinski definition) is 4. The minimum Gasteiger partial charge on any atom is -0.495 e. The second-order valence-corrected chi connectivity index (χ2v) is 5.68. The van der Waals surface area contributed by atoms with Crippen molar-refractivity contribution in [3.63, 3.8) is 0 Å². The van der Waals surface area contributed by atoms with E-state index in [1.807, 2.05) is 25.1 Å². The van der Waals surface area contributed by atoms with Gasteiger partial charge in [0.1, 0.15) is 11.4 Å². The van der Waals surface area contributed by atoms with Gasteiger partial charge in [-0.25, -0.2) is 0 Å². The molecule has 3 rings (SSSR count). The van der Waals surface area contributed by atoms with E-state index >= 15 is 0 Å². The van der Waals surface area contributed by atoms with E-state index in [2.05, 4.69) is 5.32 Å². The highest BCUT2D eigenvalue weighted by Crippen LogP contribution is 2.32. The van der Waals surface area contributed by atoms with E-state index in [0.717, 1.165) is 5.56 Å². The molecule has 0 aliphatic carbocycles. The minimum absolute atomic E-state index is 0.279. The van der Waals surface area contributed by atoms with Crippen LogP contribution in [-0.2, 0) is 0 Å². The molecule has 116 valence electrons. The molecule has 0 aliphatic heterocycles. The van der Waals surface area contributed by atoms with Crippen molar-refractivity contribution in [2.75, 3.05) is 12.4 Å². The summed E-state index contributed by atoms with van der Waals surface area (Å²) in [4.78, 5) is 23.9. The molecule has 0 atom stereocenters. The third-order valence-corrected chi connectivity index (χ3v) is 3.91. The summed E-state index contributed by atoms with van der Waals surface area (Å²) in [6, 6.07) is 12.4. The summed E-state index contributed by atoms with van der Waals surface area (Å²) >= 11 is 5.87. The molecule has 0 saturated heterocycles. The Morgan fingerprint density at radius 3 is 2.35 bits per heavy atom. The zero-order chi connectivity index (χ0) is 16.6. The zero-order valence-corrected chi connectivity index (χ0v) is 13.4. The fourth-order valence-electron chi connectivity index (χ4n) is 2.46. The molecule has 23 heavy (non-hydrogen) atoms. The highest BCUT2D eigenvalue weighted by Gasteiger charge is 2.23. The first kappa shape index (κ1) is 15.3. The van der Waals surface area contributed by atoms with E-state index in [1.54, 1.807) is 31.4 Å². The van der Waals surface area contributed by atoms with Crippen molar-refractivity contribution in [3.05, 3.63) is 73.5 Å². The fourth-order valence-corrected chi connectivity index (χ4v) is 2.58. The number of ether oxygens (including phenoxy) is 1. The molecule has 5 heteroatoms. The highest BCUT2D eigenvalue weighted by molar-refractivity contribution is 6.30. The van der Waals surface area contributed by atoms with Gasteiger partial charge in [0.2, 0.25) is 5.43 Å². The van der Waals surface area contributed by atoms with E-state index in [1.165, 1.54) is 0 Å². The molecule has 0 aliphatic rings. The second kappa shape index (κ2) is 5.89. The van der Waals surface area contributed by atoms with Crippen molar-refractivity contribution in [1.29, 1.82) is 0 Å². The number of hydrogen-bond donors (Lipinski definition) is 1. The van der Waals surface area contributed by atoms with Gasteiger partial charge in [0.25, 0.3) is 5.43 Å². The number of benzene rings is 2. The average molecular weight is 328 g/mol. The first-order valence-electron chi connectivity index (χ1n) is 7.02. The number of anilines is 2. The number of rotatable bonds is 4. The van der Waals surface area contributed by atoms with Crippen molar-refractivity contribution >= 4 is 23.0 Å². The number of nitrogens with one attached hydrogen (secondary N) is 1. The topological polar surface area (TPSA) is 55.4 Å². The Hall–Kier alpha value is -2.59. The SMILES string of the molecule is COc1ccc(C)cc1Nc1c(-c2ccc(Cl)cc2)c(=O)c1=O. The lowest BCUT2D eigenvalue weighted by Crippen LogP contribution is -2.35. The molecule has 1 N–H and O–H groups in total. The average Bonchev–Trinajstić information content (AvgIpc) is 2.56. The van der Waals surface area contributed by atoms with E-state index < -0.39 is 10.9 Å². The fraction of sp³-hybridized carbons (Fsp3) is 0.111. The molecule has 0 bridgehead atoms. The molecule has 4 nitrogen and oxygen atoms in total. The van der Waals surface area contributed by atoms with Crippen LogP contribution in [0.1, 0.15) is 5.56 Å². The van der Waals surface area contributed by atoms with Gasteiger partial charge in [-0.2, -0.15) is 0 Å². The Morgan fingerprint density at radius 1 is 1.00 bits per heavy atom. The predicted molar refractivity (Wildman–Crippen MR) is 92.8 cm³/mol. The Bertz CT molecular complexity index is 938. The van der Waals surface area contributed by atoms with Crippen LogP contribution in [0.3, 0.4) is 0 Å². The molecule has 0 saturated carbocycles. The molecular weight excluding hydrogens is 314 g/mol. The Kier molecular flexibility index (Phi) is 3.92. The lowest BCUT2D eigenvalue weighted by molar-refractivity contribution is 0.416. The number of aryl methyl sites for hydroxylation is 1. The minimum atomic E-state index is -0.529. The Labute approximate surface area is 138 Å². The van der Waals surface area contributed by atoms with Crippen LogP contribution in [-0.4, -0.2) is 7.11 Å². The smallest absolute Gasteiger partial charge is 0.250 e. The normalized spacial score (nSPS) is 10.7. The quantitative estimate of drug-likeness (QED) is 0.743. The standard InChI is InChI=1S/C18H14ClNO3/c1-10-3-8-14(23-2)13(9-10)20-16-15(17(21)18(16)22)11-4-6-12(19)7-5-11/h3-9,20H,1-2H3. The predicted octanol–water partition coefficient (Wildman–Crippen LogP) is 3.66. The van der Waals surface area contributed by atoms with E-state index in [4.69, 9.17) is 16.3 Å². The first-order chi connectivity index (χ1) is 11.0. The van der Waals surface area contributed by atoms with Gasteiger partial charge in [0, 0.05) is 5.02 Å². The lowest BCUT2D eigenvalue weighted by atomic mass is 9.98. The molecule has 0 radical (unpaired) electrons. The largest absolute Gasteiger partial charge is 0.495 e. The third kappa shape index (κ3) is 2.73. The van der Waals surface area contributed by atoms with E-state index in [-0.39, 0.29) is 5.69 Å². The van der Waals surface area contributed by atoms with Crippen LogP contribution in [0.15, 0.2) is 52.1 Å². The van der Waals surface area contributed by atoms with Crippen LogP contribution in [0.5, 0.6) is 5.75 Å². The molecular formula is C18H14ClNO3. The highest BCUT2D eigenvalue weighted by atomic mass is 35.5. The van der Waals surface area contributed by atoms with Crippen LogP contribution < -0.4 is 20.9 Å². The molecule has 0 amide bonds. The monoisotopic (exact) mass is 327 g/mol. The van der Waals surface area contributed by atoms with Crippen molar-refractivity contribution in [2.24, 2.45) is 0 Å². The van der Waals surface area contributed by atoms with Crippen LogP contribution in [0.25, 0.3) is 11.1 Å². The van der Waals surface area contributed by atoms with E-state index in [0.29, 0.717) is 27.6 Å². The Morgan fingerprint density at radius 2 is 1.70 bits per heavy atom. The Balaban J connectivity index is 2.04. The van der Waals surface area contributed by atoms with Crippen molar-refractivity contribution < 1.29 is 4.74 Å². The van der Waals surface area contributed by atoms with Gasteiger partial charge >= 0.3 is 0 Å². The maximum Gasteiger partial charge on any atom is 0.250 e. The maximum absolute atomic E-state index is 12.0. The summed E-state index contributed by atoms with van der Waals surface area (Å²) < 4.78 is 5.29. The van der Waals surface area contributed by atoms with Crippen molar-refractivity contribution in [2.45, 2.75) is 6.92 Å². The molecule has 0 spiro atoms. The van der Waals surface area contributed by atoms with Gasteiger partial charge in [-0.15, -0.1) is 0 Å². The van der Waals surface area contributed by atoms with Crippen LogP contribution in [0.2, 0.25) is 5.02 Å². The molecule has 0 fully saturated rings. The van der Waals surface area contributed by atoms with Gasteiger partial charge in [-0.1, -0.05) is 29.8 Å². The van der Waals surface area contributed by atoms with Crippen LogP contribution in [0, 0.1) is 6.92 Å². The van der Waals surface area contributed by atoms with Crippen molar-refractivity contribution in [1.82, 2.24) is 0 Å². The number of methoxy groups -OCH3 is 1.